The lowest BCUT2D eigenvalue weighted by Crippen LogP contribution is -2.10. The van der Waals surface area contributed by atoms with Gasteiger partial charge in [0.15, 0.2) is 0 Å². The van der Waals surface area contributed by atoms with Crippen LogP contribution in [0.1, 0.15) is 16.8 Å². The summed E-state index contributed by atoms with van der Waals surface area (Å²) < 4.78 is 2.41. The van der Waals surface area contributed by atoms with Crippen molar-refractivity contribution in [1.29, 1.82) is 0 Å². The maximum Gasteiger partial charge on any atom is 0.0550 e. The van der Waals surface area contributed by atoms with Crippen molar-refractivity contribution in [2.24, 2.45) is 0 Å². The lowest BCUT2D eigenvalue weighted by molar-refractivity contribution is 1.10. The minimum Gasteiger partial charge on any atom is -0.310 e. The minimum absolute atomic E-state index is 0.924. The molecular weight excluding hydrogens is 761 g/mol. The first-order valence-corrected chi connectivity index (χ1v) is 21.5. The highest BCUT2D eigenvalue weighted by Gasteiger charge is 2.20. The summed E-state index contributed by atoms with van der Waals surface area (Å²) in [7, 11) is 0. The lowest BCUT2D eigenvalue weighted by atomic mass is 9.94. The minimum atomic E-state index is 0.924. The first kappa shape index (κ1) is 39.0. The van der Waals surface area contributed by atoms with Gasteiger partial charge in [-0.05, 0) is 135 Å². The molecule has 0 bridgehead atoms. The maximum atomic E-state index is 4.67. The molecule has 2 nitrogen and oxygen atoms in total. The van der Waals surface area contributed by atoms with Crippen molar-refractivity contribution in [1.82, 2.24) is 4.57 Å². The zero-order valence-electron chi connectivity index (χ0n) is 35.3. The Hall–Kier alpha value is -8.20. The Labute approximate surface area is 370 Å². The number of allylic oxidation sites excluding steroid dienone is 2. The first-order chi connectivity index (χ1) is 31.1. The van der Waals surface area contributed by atoms with Crippen molar-refractivity contribution in [2.45, 2.75) is 6.92 Å². The number of fused-ring (bicyclic) bond motifs is 1. The van der Waals surface area contributed by atoms with Crippen LogP contribution in [0.3, 0.4) is 0 Å². The van der Waals surface area contributed by atoms with E-state index >= 15 is 0 Å². The standard InChI is InChI=1S/C61H46N2/c1-44(31-40-59-45(2)61-58(51-25-14-6-15-26-51)42-53(48-23-12-5-13-24-48)43-60(61)63(59)54-28-16-7-17-29-54)52-27-18-30-57(41-52)62(55-36-32-49(33-37-55)46-19-8-3-9-20-46)56-38-34-50(35-39-56)47-21-10-4-11-22-47/h3-43H,1H2,2H3/b40-31-. The Morgan fingerprint density at radius 3 is 1.41 bits per heavy atom. The van der Waals surface area contributed by atoms with Crippen molar-refractivity contribution < 1.29 is 0 Å². The Bertz CT molecular complexity index is 3100. The van der Waals surface area contributed by atoms with Crippen molar-refractivity contribution in [3.05, 3.63) is 266 Å². The number of aryl methyl sites for hydroxylation is 1. The van der Waals surface area contributed by atoms with E-state index in [4.69, 9.17) is 0 Å². The van der Waals surface area contributed by atoms with Gasteiger partial charge >= 0.3 is 0 Å². The van der Waals surface area contributed by atoms with Crippen LogP contribution < -0.4 is 4.90 Å². The summed E-state index contributed by atoms with van der Waals surface area (Å²) in [5.41, 5.74) is 19.3. The third-order valence-electron chi connectivity index (χ3n) is 11.9. The largest absolute Gasteiger partial charge is 0.310 e. The maximum absolute atomic E-state index is 4.67. The molecule has 10 aromatic rings. The predicted octanol–water partition coefficient (Wildman–Crippen LogP) is 16.8. The molecule has 2 heteroatoms. The third-order valence-corrected chi connectivity index (χ3v) is 11.9. The molecule has 0 aliphatic heterocycles. The second kappa shape index (κ2) is 17.4. The van der Waals surface area contributed by atoms with Crippen LogP contribution in [0.2, 0.25) is 0 Å². The predicted molar refractivity (Wildman–Crippen MR) is 269 cm³/mol. The number of hydrogen-bond acceptors (Lipinski definition) is 1. The van der Waals surface area contributed by atoms with Gasteiger partial charge in [-0.2, -0.15) is 0 Å². The highest BCUT2D eigenvalue weighted by Crippen LogP contribution is 2.42. The van der Waals surface area contributed by atoms with Gasteiger partial charge in [0.05, 0.1) is 5.52 Å². The molecular formula is C61H46N2. The fraction of sp³-hybridized carbons (Fsp3) is 0.0164. The van der Waals surface area contributed by atoms with E-state index in [1.54, 1.807) is 0 Å². The molecule has 0 amide bonds. The van der Waals surface area contributed by atoms with Gasteiger partial charge in [-0.25, -0.2) is 0 Å². The van der Waals surface area contributed by atoms with Gasteiger partial charge in [-0.1, -0.05) is 189 Å². The van der Waals surface area contributed by atoms with E-state index in [-0.39, 0.29) is 0 Å². The Morgan fingerprint density at radius 1 is 0.429 bits per heavy atom. The normalized spacial score (nSPS) is 11.3. The summed E-state index contributed by atoms with van der Waals surface area (Å²) in [5, 5.41) is 1.24. The number of rotatable bonds is 11. The molecule has 9 aromatic carbocycles. The number of para-hydroxylation sites is 1. The highest BCUT2D eigenvalue weighted by molar-refractivity contribution is 6.04. The summed E-state index contributed by atoms with van der Waals surface area (Å²) in [6.07, 6.45) is 4.42. The van der Waals surface area contributed by atoms with Crippen LogP contribution in [-0.2, 0) is 0 Å². The molecule has 0 spiro atoms. The zero-order chi connectivity index (χ0) is 42.5. The number of nitrogens with zero attached hydrogens (tertiary/aromatic N) is 2. The lowest BCUT2D eigenvalue weighted by Gasteiger charge is -2.26. The molecule has 1 aromatic heterocycles. The van der Waals surface area contributed by atoms with Crippen LogP contribution in [0.4, 0.5) is 17.1 Å². The highest BCUT2D eigenvalue weighted by atomic mass is 15.1. The van der Waals surface area contributed by atoms with Crippen molar-refractivity contribution >= 4 is 39.6 Å². The molecule has 0 aliphatic carbocycles. The van der Waals surface area contributed by atoms with E-state index in [2.05, 4.69) is 272 Å². The van der Waals surface area contributed by atoms with E-state index < -0.39 is 0 Å². The molecule has 63 heavy (non-hydrogen) atoms. The molecule has 0 saturated carbocycles. The van der Waals surface area contributed by atoms with E-state index in [0.29, 0.717) is 0 Å². The van der Waals surface area contributed by atoms with Gasteiger partial charge < -0.3 is 9.47 Å². The average Bonchev–Trinajstić information content (AvgIpc) is 3.65. The van der Waals surface area contributed by atoms with Crippen LogP contribution >= 0.6 is 0 Å². The van der Waals surface area contributed by atoms with Crippen molar-refractivity contribution in [3.63, 3.8) is 0 Å². The van der Waals surface area contributed by atoms with Gasteiger partial charge in [0, 0.05) is 33.8 Å². The molecule has 10 rings (SSSR count). The average molecular weight is 807 g/mol. The van der Waals surface area contributed by atoms with E-state index in [9.17, 15) is 0 Å². The first-order valence-electron chi connectivity index (χ1n) is 21.5. The SMILES string of the molecule is C=C(/C=C\c1c(C)c2c(-c3ccccc3)cc(-c3ccccc3)cc2n1-c1ccccc1)c1cccc(N(c2ccc(-c3ccccc3)cc2)c2ccc(-c3ccccc3)cc2)c1. The summed E-state index contributed by atoms with van der Waals surface area (Å²) in [6, 6.07) is 84.4. The Kier molecular flexibility index (Phi) is 10.8. The van der Waals surface area contributed by atoms with Gasteiger partial charge in [0.25, 0.3) is 0 Å². The molecule has 0 fully saturated rings. The monoisotopic (exact) mass is 806 g/mol. The molecule has 0 radical (unpaired) electrons. The van der Waals surface area contributed by atoms with Crippen LogP contribution in [0, 0.1) is 6.92 Å². The molecule has 0 N–H and O–H groups in total. The van der Waals surface area contributed by atoms with Crippen molar-refractivity contribution in [2.75, 3.05) is 4.90 Å². The second-order valence-electron chi connectivity index (χ2n) is 15.9. The number of hydrogen-bond donors (Lipinski definition) is 0. The van der Waals surface area contributed by atoms with E-state index in [1.165, 1.54) is 61.0 Å². The topological polar surface area (TPSA) is 8.17 Å². The summed E-state index contributed by atoms with van der Waals surface area (Å²) in [6.45, 7) is 6.92. The second-order valence-corrected chi connectivity index (χ2v) is 15.9. The van der Waals surface area contributed by atoms with Crippen LogP contribution in [0.25, 0.3) is 72.7 Å². The fourth-order valence-electron chi connectivity index (χ4n) is 8.76. The smallest absolute Gasteiger partial charge is 0.0550 e. The summed E-state index contributed by atoms with van der Waals surface area (Å²) >= 11 is 0. The van der Waals surface area contributed by atoms with Gasteiger partial charge in [-0.15, -0.1) is 0 Å². The van der Waals surface area contributed by atoms with E-state index in [1.807, 2.05) is 0 Å². The molecule has 0 unspecified atom stereocenters. The summed E-state index contributed by atoms with van der Waals surface area (Å²) in [4.78, 5) is 2.33. The van der Waals surface area contributed by atoms with Crippen LogP contribution in [0.15, 0.2) is 249 Å². The van der Waals surface area contributed by atoms with Gasteiger partial charge in [0.2, 0.25) is 0 Å². The van der Waals surface area contributed by atoms with Gasteiger partial charge in [-0.3, -0.25) is 0 Å². The Morgan fingerprint density at radius 2 is 0.889 bits per heavy atom. The Balaban J connectivity index is 1.06. The van der Waals surface area contributed by atoms with Gasteiger partial charge in [0.1, 0.15) is 0 Å². The molecule has 300 valence electrons. The summed E-state index contributed by atoms with van der Waals surface area (Å²) in [5.74, 6) is 0. The zero-order valence-corrected chi connectivity index (χ0v) is 35.3. The van der Waals surface area contributed by atoms with E-state index in [0.717, 1.165) is 39.6 Å². The number of benzene rings is 9. The fourth-order valence-corrected chi connectivity index (χ4v) is 8.76. The molecule has 1 heterocycles. The number of aromatic nitrogens is 1. The molecule has 0 saturated heterocycles. The quantitative estimate of drug-likeness (QED) is 0.118. The van der Waals surface area contributed by atoms with Crippen LogP contribution in [0.5, 0.6) is 0 Å². The molecule has 0 atom stereocenters. The molecule has 0 aliphatic rings. The number of anilines is 3. The third kappa shape index (κ3) is 7.94. The van der Waals surface area contributed by atoms with Crippen LogP contribution in [-0.4, -0.2) is 4.57 Å². The van der Waals surface area contributed by atoms with Crippen molar-refractivity contribution in [3.8, 4) is 50.2 Å².